The van der Waals surface area contributed by atoms with Gasteiger partial charge in [-0.3, -0.25) is 10.1 Å². The van der Waals surface area contributed by atoms with Gasteiger partial charge in [-0.2, -0.15) is 13.2 Å². The highest BCUT2D eigenvalue weighted by atomic mass is 19.4. The van der Waals surface area contributed by atoms with E-state index in [-0.39, 0.29) is 44.9 Å². The van der Waals surface area contributed by atoms with Crippen LogP contribution in [0, 0.1) is 18.3 Å². The number of likely N-dealkylation sites (tertiary alicyclic amines) is 1. The quantitative estimate of drug-likeness (QED) is 0.597. The minimum atomic E-state index is -4.14. The van der Waals surface area contributed by atoms with Crippen LogP contribution in [0.5, 0.6) is 0 Å². The molecular weight excluding hydrogens is 233 g/mol. The number of nitrogens with zero attached hydrogens (tertiary/aromatic N) is 1. The minimum Gasteiger partial charge on any atom is -0.342 e. The number of carbonyl (C=O) groups excluding carboxylic acids is 1. The van der Waals surface area contributed by atoms with Gasteiger partial charge in [0.25, 0.3) is 0 Å². The Kier molecular flexibility index (Phi) is 4.82. The molecule has 96 valence electrons. The fourth-order valence-electron chi connectivity index (χ4n) is 1.81. The summed E-state index contributed by atoms with van der Waals surface area (Å²) in [7, 11) is 0. The number of piperidine rings is 1. The van der Waals surface area contributed by atoms with Crippen molar-refractivity contribution in [3.05, 3.63) is 0 Å². The van der Waals surface area contributed by atoms with Crippen molar-refractivity contribution >= 4 is 5.91 Å². The van der Waals surface area contributed by atoms with Crippen molar-refractivity contribution in [1.29, 1.82) is 0 Å². The van der Waals surface area contributed by atoms with Crippen molar-refractivity contribution in [3.8, 4) is 12.3 Å². The molecule has 0 spiro atoms. The topological polar surface area (TPSA) is 32.3 Å². The van der Waals surface area contributed by atoms with Gasteiger partial charge in [0.1, 0.15) is 0 Å². The Labute approximate surface area is 98.3 Å². The van der Waals surface area contributed by atoms with E-state index in [2.05, 4.69) is 11.2 Å². The maximum absolute atomic E-state index is 12.4. The number of nitrogens with one attached hydrogen (secondary N) is 1. The molecule has 0 aromatic carbocycles. The van der Waals surface area contributed by atoms with E-state index in [1.54, 1.807) is 0 Å². The first-order valence-corrected chi connectivity index (χ1v) is 5.44. The first-order valence-electron chi connectivity index (χ1n) is 5.44. The Balaban J connectivity index is 2.32. The molecule has 0 saturated carbocycles. The van der Waals surface area contributed by atoms with Crippen molar-refractivity contribution in [1.82, 2.24) is 10.2 Å². The Hall–Kier alpha value is -1.22. The van der Waals surface area contributed by atoms with Crippen LogP contribution in [0.2, 0.25) is 0 Å². The van der Waals surface area contributed by atoms with Gasteiger partial charge in [-0.25, -0.2) is 0 Å². The largest absolute Gasteiger partial charge is 0.391 e. The molecule has 3 nitrogen and oxygen atoms in total. The van der Waals surface area contributed by atoms with E-state index in [9.17, 15) is 18.0 Å². The second-order valence-corrected chi connectivity index (χ2v) is 4.00. The number of halogens is 3. The number of rotatable bonds is 3. The van der Waals surface area contributed by atoms with E-state index in [1.165, 1.54) is 4.90 Å². The third-order valence-corrected chi connectivity index (χ3v) is 2.81. The lowest BCUT2D eigenvalue weighted by atomic mass is 9.96. The van der Waals surface area contributed by atoms with Crippen LogP contribution in [0.25, 0.3) is 0 Å². The molecule has 1 N–H and O–H groups in total. The van der Waals surface area contributed by atoms with E-state index >= 15 is 0 Å². The maximum atomic E-state index is 12.4. The Bertz CT molecular complexity index is 301. The average molecular weight is 248 g/mol. The summed E-state index contributed by atoms with van der Waals surface area (Å²) in [5.74, 6) is 0.856. The third kappa shape index (κ3) is 4.27. The van der Waals surface area contributed by atoms with E-state index in [1.807, 2.05) is 0 Å². The van der Waals surface area contributed by atoms with Gasteiger partial charge in [-0.05, 0) is 12.8 Å². The Morgan fingerprint density at radius 2 is 2.00 bits per heavy atom. The van der Waals surface area contributed by atoms with Crippen molar-refractivity contribution < 1.29 is 18.0 Å². The molecular formula is C11H15F3N2O. The van der Waals surface area contributed by atoms with Gasteiger partial charge in [0.15, 0.2) is 0 Å². The Morgan fingerprint density at radius 1 is 1.41 bits per heavy atom. The molecule has 0 unspecified atom stereocenters. The van der Waals surface area contributed by atoms with Crippen LogP contribution in [0.4, 0.5) is 13.2 Å². The molecule has 0 aliphatic carbocycles. The first-order chi connectivity index (χ1) is 7.95. The summed E-state index contributed by atoms with van der Waals surface area (Å²) in [6.07, 6.45) is 0.836. The second kappa shape index (κ2) is 5.92. The second-order valence-electron chi connectivity index (χ2n) is 4.00. The van der Waals surface area contributed by atoms with Gasteiger partial charge in [-0.15, -0.1) is 6.42 Å². The molecule has 6 heteroatoms. The highest BCUT2D eigenvalue weighted by Crippen LogP contribution is 2.33. The molecule has 1 amide bonds. The molecule has 0 aromatic rings. The van der Waals surface area contributed by atoms with Crippen LogP contribution >= 0.6 is 0 Å². The molecule has 1 heterocycles. The van der Waals surface area contributed by atoms with Gasteiger partial charge >= 0.3 is 6.18 Å². The fourth-order valence-corrected chi connectivity index (χ4v) is 1.81. The molecule has 0 radical (unpaired) electrons. The molecule has 17 heavy (non-hydrogen) atoms. The zero-order valence-corrected chi connectivity index (χ0v) is 9.39. The van der Waals surface area contributed by atoms with Crippen LogP contribution in [0.15, 0.2) is 0 Å². The molecule has 1 aliphatic heterocycles. The molecule has 1 fully saturated rings. The summed E-state index contributed by atoms with van der Waals surface area (Å²) in [6.45, 7) is 0.702. The summed E-state index contributed by atoms with van der Waals surface area (Å²) < 4.78 is 37.1. The predicted octanol–water partition coefficient (Wildman–Crippen LogP) is 1.01. The predicted molar refractivity (Wildman–Crippen MR) is 57.1 cm³/mol. The summed E-state index contributed by atoms with van der Waals surface area (Å²) in [6, 6.07) is 0. The van der Waals surface area contributed by atoms with Crippen molar-refractivity contribution in [2.24, 2.45) is 5.92 Å². The zero-order valence-electron chi connectivity index (χ0n) is 9.39. The first kappa shape index (κ1) is 13.8. The number of hydrogen-bond donors (Lipinski definition) is 1. The van der Waals surface area contributed by atoms with Gasteiger partial charge < -0.3 is 4.90 Å². The summed E-state index contributed by atoms with van der Waals surface area (Å²) >= 11 is 0. The van der Waals surface area contributed by atoms with Gasteiger partial charge in [-0.1, -0.05) is 5.92 Å². The number of hydrogen-bond acceptors (Lipinski definition) is 2. The SMILES string of the molecule is C#CCNCC(=O)N1CCC(C(F)(F)F)CC1. The standard InChI is InChI=1S/C11H15F3N2O/c1-2-5-15-8-10(17)16-6-3-9(4-7-16)11(12,13)14/h1,9,15H,3-8H2. The van der Waals surface area contributed by atoms with Crippen LogP contribution in [-0.4, -0.2) is 43.2 Å². The van der Waals surface area contributed by atoms with Crippen LogP contribution < -0.4 is 5.32 Å². The molecule has 0 aromatic heterocycles. The minimum absolute atomic E-state index is 0.00954. The lowest BCUT2D eigenvalue weighted by Crippen LogP contribution is -2.45. The van der Waals surface area contributed by atoms with Gasteiger partial charge in [0.05, 0.1) is 19.0 Å². The van der Waals surface area contributed by atoms with E-state index in [0.717, 1.165) is 0 Å². The molecule has 1 rings (SSSR count). The maximum Gasteiger partial charge on any atom is 0.391 e. The fraction of sp³-hybridized carbons (Fsp3) is 0.727. The van der Waals surface area contributed by atoms with E-state index in [4.69, 9.17) is 6.42 Å². The smallest absolute Gasteiger partial charge is 0.342 e. The van der Waals surface area contributed by atoms with Crippen molar-refractivity contribution in [2.75, 3.05) is 26.2 Å². The normalized spacial score (nSPS) is 17.9. The Morgan fingerprint density at radius 3 is 2.47 bits per heavy atom. The van der Waals surface area contributed by atoms with E-state index < -0.39 is 12.1 Å². The molecule has 0 atom stereocenters. The highest BCUT2D eigenvalue weighted by molar-refractivity contribution is 5.78. The zero-order chi connectivity index (χ0) is 12.9. The number of alkyl halides is 3. The van der Waals surface area contributed by atoms with E-state index in [0.29, 0.717) is 0 Å². The number of amides is 1. The molecule has 1 aliphatic rings. The lowest BCUT2D eigenvalue weighted by molar-refractivity contribution is -0.186. The average Bonchev–Trinajstić information content (AvgIpc) is 2.28. The lowest BCUT2D eigenvalue weighted by Gasteiger charge is -2.32. The van der Waals surface area contributed by atoms with Gasteiger partial charge in [0.2, 0.25) is 5.91 Å². The number of carbonyl (C=O) groups is 1. The monoisotopic (exact) mass is 248 g/mol. The van der Waals surface area contributed by atoms with Crippen LogP contribution in [0.3, 0.4) is 0 Å². The van der Waals surface area contributed by atoms with Gasteiger partial charge in [0, 0.05) is 13.1 Å². The third-order valence-electron chi connectivity index (χ3n) is 2.81. The van der Waals surface area contributed by atoms with Crippen molar-refractivity contribution in [3.63, 3.8) is 0 Å². The number of terminal acetylenes is 1. The summed E-state index contributed by atoms with van der Waals surface area (Å²) in [4.78, 5) is 13.0. The van der Waals surface area contributed by atoms with Crippen LogP contribution in [0.1, 0.15) is 12.8 Å². The summed E-state index contributed by atoms with van der Waals surface area (Å²) in [5, 5.41) is 2.72. The summed E-state index contributed by atoms with van der Waals surface area (Å²) in [5.41, 5.74) is 0. The van der Waals surface area contributed by atoms with Crippen molar-refractivity contribution in [2.45, 2.75) is 19.0 Å². The molecule has 1 saturated heterocycles. The molecule has 0 bridgehead atoms. The van der Waals surface area contributed by atoms with Crippen LogP contribution in [-0.2, 0) is 4.79 Å². The highest BCUT2D eigenvalue weighted by Gasteiger charge is 2.41.